The van der Waals surface area contributed by atoms with Gasteiger partial charge < -0.3 is 0 Å². The average molecular weight is 319 g/mol. The first kappa shape index (κ1) is 14.2. The van der Waals surface area contributed by atoms with E-state index in [0.717, 1.165) is 41.7 Å². The van der Waals surface area contributed by atoms with Crippen LogP contribution in [0.25, 0.3) is 11.4 Å². The monoisotopic (exact) mass is 318 g/mol. The SMILES string of the molecule is CCCc1nc(-c2ccc(CC)cc2)ncc1CBr. The molecule has 0 saturated carbocycles. The van der Waals surface area contributed by atoms with Crippen LogP contribution in [0.1, 0.15) is 37.1 Å². The van der Waals surface area contributed by atoms with Crippen molar-refractivity contribution in [2.45, 2.75) is 38.4 Å². The molecular weight excluding hydrogens is 300 g/mol. The first-order chi connectivity index (χ1) is 9.28. The van der Waals surface area contributed by atoms with Crippen molar-refractivity contribution in [2.24, 2.45) is 0 Å². The highest BCUT2D eigenvalue weighted by Crippen LogP contribution is 2.19. The van der Waals surface area contributed by atoms with Crippen LogP contribution in [-0.4, -0.2) is 9.97 Å². The summed E-state index contributed by atoms with van der Waals surface area (Å²) >= 11 is 3.50. The highest BCUT2D eigenvalue weighted by atomic mass is 79.9. The van der Waals surface area contributed by atoms with Crippen molar-refractivity contribution >= 4 is 15.9 Å². The zero-order valence-corrected chi connectivity index (χ0v) is 13.1. The predicted molar refractivity (Wildman–Crippen MR) is 83.5 cm³/mol. The summed E-state index contributed by atoms with van der Waals surface area (Å²) in [5.74, 6) is 0.829. The summed E-state index contributed by atoms with van der Waals surface area (Å²) in [7, 11) is 0. The Labute approximate surface area is 123 Å². The Morgan fingerprint density at radius 1 is 1.11 bits per heavy atom. The summed E-state index contributed by atoms with van der Waals surface area (Å²) in [6.07, 6.45) is 5.11. The zero-order valence-electron chi connectivity index (χ0n) is 11.5. The van der Waals surface area contributed by atoms with Crippen LogP contribution >= 0.6 is 15.9 Å². The third-order valence-electron chi connectivity index (χ3n) is 3.21. The fourth-order valence-electron chi connectivity index (χ4n) is 2.04. The Bertz CT molecular complexity index is 535. The second-order valence-corrected chi connectivity index (χ2v) is 5.16. The minimum absolute atomic E-state index is 0.817. The number of aryl methyl sites for hydroxylation is 2. The van der Waals surface area contributed by atoms with Gasteiger partial charge in [0.25, 0.3) is 0 Å². The van der Waals surface area contributed by atoms with Gasteiger partial charge in [0.15, 0.2) is 5.82 Å². The van der Waals surface area contributed by atoms with Crippen LogP contribution in [0, 0.1) is 0 Å². The van der Waals surface area contributed by atoms with Gasteiger partial charge in [0.2, 0.25) is 0 Å². The smallest absolute Gasteiger partial charge is 0.159 e. The van der Waals surface area contributed by atoms with E-state index in [2.05, 4.69) is 59.0 Å². The molecule has 2 rings (SSSR count). The van der Waals surface area contributed by atoms with Crippen molar-refractivity contribution in [1.29, 1.82) is 0 Å². The first-order valence-electron chi connectivity index (χ1n) is 6.78. The quantitative estimate of drug-likeness (QED) is 0.755. The molecule has 2 aromatic rings. The summed E-state index contributed by atoms with van der Waals surface area (Å²) in [4.78, 5) is 9.19. The molecule has 0 aliphatic heterocycles. The minimum Gasteiger partial charge on any atom is -0.236 e. The first-order valence-corrected chi connectivity index (χ1v) is 7.90. The minimum atomic E-state index is 0.817. The van der Waals surface area contributed by atoms with Crippen LogP contribution in [0.5, 0.6) is 0 Å². The fraction of sp³-hybridized carbons (Fsp3) is 0.375. The molecule has 1 aromatic heterocycles. The average Bonchev–Trinajstić information content (AvgIpc) is 2.47. The lowest BCUT2D eigenvalue weighted by atomic mass is 10.1. The number of rotatable bonds is 5. The number of aromatic nitrogens is 2. The molecule has 0 radical (unpaired) electrons. The Kier molecular flexibility index (Phi) is 5.08. The maximum absolute atomic E-state index is 4.72. The standard InChI is InChI=1S/C16H19BrN2/c1-3-5-15-14(10-17)11-18-16(19-15)13-8-6-12(4-2)7-9-13/h6-9,11H,3-5,10H2,1-2H3. The summed E-state index contributed by atoms with van der Waals surface area (Å²) in [5, 5.41) is 0.817. The second-order valence-electron chi connectivity index (χ2n) is 4.60. The van der Waals surface area contributed by atoms with Crippen LogP contribution in [0.3, 0.4) is 0 Å². The summed E-state index contributed by atoms with van der Waals surface area (Å²) in [6, 6.07) is 8.52. The maximum Gasteiger partial charge on any atom is 0.159 e. The molecule has 1 aromatic carbocycles. The molecule has 0 N–H and O–H groups in total. The highest BCUT2D eigenvalue weighted by molar-refractivity contribution is 9.08. The van der Waals surface area contributed by atoms with E-state index >= 15 is 0 Å². The Morgan fingerprint density at radius 2 is 1.84 bits per heavy atom. The molecule has 1 heterocycles. The summed E-state index contributed by atoms with van der Waals surface area (Å²) in [5.41, 5.74) is 4.78. The normalized spacial score (nSPS) is 10.7. The van der Waals surface area contributed by atoms with Crippen LogP contribution in [0.4, 0.5) is 0 Å². The van der Waals surface area contributed by atoms with Crippen molar-refractivity contribution in [3.8, 4) is 11.4 Å². The third kappa shape index (κ3) is 3.41. The van der Waals surface area contributed by atoms with Crippen molar-refractivity contribution in [1.82, 2.24) is 9.97 Å². The third-order valence-corrected chi connectivity index (χ3v) is 3.81. The molecule has 0 amide bonds. The molecule has 0 unspecified atom stereocenters. The lowest BCUT2D eigenvalue weighted by Gasteiger charge is -2.08. The Morgan fingerprint density at radius 3 is 2.42 bits per heavy atom. The van der Waals surface area contributed by atoms with E-state index in [4.69, 9.17) is 4.98 Å². The highest BCUT2D eigenvalue weighted by Gasteiger charge is 2.07. The van der Waals surface area contributed by atoms with Crippen molar-refractivity contribution in [2.75, 3.05) is 0 Å². The van der Waals surface area contributed by atoms with Crippen molar-refractivity contribution in [3.63, 3.8) is 0 Å². The second kappa shape index (κ2) is 6.80. The van der Waals surface area contributed by atoms with E-state index in [1.807, 2.05) is 6.20 Å². The molecule has 0 fully saturated rings. The zero-order chi connectivity index (χ0) is 13.7. The summed E-state index contributed by atoms with van der Waals surface area (Å²) < 4.78 is 0. The van der Waals surface area contributed by atoms with Crippen LogP contribution < -0.4 is 0 Å². The maximum atomic E-state index is 4.72. The van der Waals surface area contributed by atoms with Crippen LogP contribution in [-0.2, 0) is 18.2 Å². The molecule has 0 aliphatic rings. The number of halogens is 1. The molecule has 2 nitrogen and oxygen atoms in total. The van der Waals surface area contributed by atoms with Gasteiger partial charge in [-0.05, 0) is 18.4 Å². The van der Waals surface area contributed by atoms with Crippen molar-refractivity contribution in [3.05, 3.63) is 47.3 Å². The van der Waals surface area contributed by atoms with E-state index in [-0.39, 0.29) is 0 Å². The molecule has 3 heteroatoms. The number of alkyl halides is 1. The summed E-state index contributed by atoms with van der Waals surface area (Å²) in [6.45, 7) is 4.34. The lowest BCUT2D eigenvalue weighted by molar-refractivity contribution is 0.860. The predicted octanol–water partition coefficient (Wildman–Crippen LogP) is 4.55. The van der Waals surface area contributed by atoms with E-state index < -0.39 is 0 Å². The molecule has 0 spiro atoms. The van der Waals surface area contributed by atoms with Crippen molar-refractivity contribution < 1.29 is 0 Å². The van der Waals surface area contributed by atoms with Gasteiger partial charge >= 0.3 is 0 Å². The fourth-order valence-corrected chi connectivity index (χ4v) is 2.50. The Balaban J connectivity index is 2.35. The number of hydrogen-bond acceptors (Lipinski definition) is 2. The topological polar surface area (TPSA) is 25.8 Å². The van der Waals surface area contributed by atoms with Gasteiger partial charge in [-0.25, -0.2) is 9.97 Å². The van der Waals surface area contributed by atoms with Gasteiger partial charge in [-0.2, -0.15) is 0 Å². The Hall–Kier alpha value is -1.22. The van der Waals surface area contributed by atoms with Crippen LogP contribution in [0.15, 0.2) is 30.5 Å². The molecule has 100 valence electrons. The van der Waals surface area contributed by atoms with Gasteiger partial charge in [-0.3, -0.25) is 0 Å². The van der Waals surface area contributed by atoms with Gasteiger partial charge in [0, 0.05) is 28.3 Å². The number of benzene rings is 1. The van der Waals surface area contributed by atoms with Gasteiger partial charge in [-0.1, -0.05) is 60.5 Å². The van der Waals surface area contributed by atoms with E-state index in [1.165, 1.54) is 11.1 Å². The van der Waals surface area contributed by atoms with Gasteiger partial charge in [-0.15, -0.1) is 0 Å². The van der Waals surface area contributed by atoms with E-state index in [1.54, 1.807) is 0 Å². The molecule has 0 aliphatic carbocycles. The molecular formula is C16H19BrN2. The molecule has 0 saturated heterocycles. The molecule has 19 heavy (non-hydrogen) atoms. The van der Waals surface area contributed by atoms with E-state index in [0.29, 0.717) is 0 Å². The van der Waals surface area contributed by atoms with Gasteiger partial charge in [0.1, 0.15) is 0 Å². The van der Waals surface area contributed by atoms with E-state index in [9.17, 15) is 0 Å². The number of nitrogens with zero attached hydrogens (tertiary/aromatic N) is 2. The lowest BCUT2D eigenvalue weighted by Crippen LogP contribution is -2.00. The van der Waals surface area contributed by atoms with Crippen LogP contribution in [0.2, 0.25) is 0 Å². The molecule has 0 bridgehead atoms. The molecule has 0 atom stereocenters. The largest absolute Gasteiger partial charge is 0.236 e. The van der Waals surface area contributed by atoms with Gasteiger partial charge in [0.05, 0.1) is 0 Å². The number of hydrogen-bond donors (Lipinski definition) is 0.